The second kappa shape index (κ2) is 5.37. The van der Waals surface area contributed by atoms with E-state index in [0.717, 1.165) is 20.9 Å². The lowest BCUT2D eigenvalue weighted by atomic mass is 10.0. The number of aromatic nitrogens is 1. The van der Waals surface area contributed by atoms with Crippen LogP contribution in [-0.4, -0.2) is 17.9 Å². The van der Waals surface area contributed by atoms with Crippen molar-refractivity contribution in [2.75, 3.05) is 7.11 Å². The zero-order valence-corrected chi connectivity index (χ0v) is 13.3. The summed E-state index contributed by atoms with van der Waals surface area (Å²) in [6.07, 6.45) is 1.74. The lowest BCUT2D eigenvalue weighted by Crippen LogP contribution is -2.01. The third-order valence-electron chi connectivity index (χ3n) is 3.55. The van der Waals surface area contributed by atoms with Gasteiger partial charge in [-0.05, 0) is 42.8 Å². The maximum atomic E-state index is 12.8. The van der Waals surface area contributed by atoms with Crippen LogP contribution in [0.4, 0.5) is 0 Å². The van der Waals surface area contributed by atoms with Crippen molar-refractivity contribution in [3.05, 3.63) is 63.8 Å². The summed E-state index contributed by atoms with van der Waals surface area (Å²) in [5.74, 6) is 0.687. The van der Waals surface area contributed by atoms with Gasteiger partial charge in [-0.15, -0.1) is 0 Å². The minimum absolute atomic E-state index is 0.0126. The molecule has 1 aromatic heterocycles. The van der Waals surface area contributed by atoms with E-state index >= 15 is 0 Å². The van der Waals surface area contributed by atoms with Gasteiger partial charge in [0.25, 0.3) is 0 Å². The lowest BCUT2D eigenvalue weighted by Gasteiger charge is -2.06. The highest BCUT2D eigenvalue weighted by atomic mass is 79.9. The Hall–Kier alpha value is -2.07. The smallest absolute Gasteiger partial charge is 0.195 e. The van der Waals surface area contributed by atoms with Gasteiger partial charge < -0.3 is 9.72 Å². The molecule has 3 rings (SSSR count). The molecule has 1 heterocycles. The van der Waals surface area contributed by atoms with Crippen LogP contribution in [0.25, 0.3) is 10.9 Å². The Bertz CT molecular complexity index is 836. The number of H-pyrrole nitrogens is 1. The predicted octanol–water partition coefficient (Wildman–Crippen LogP) is 4.48. The minimum Gasteiger partial charge on any atom is -0.496 e. The van der Waals surface area contributed by atoms with Crippen LogP contribution < -0.4 is 4.74 Å². The zero-order chi connectivity index (χ0) is 15.0. The van der Waals surface area contributed by atoms with Gasteiger partial charge in [0.1, 0.15) is 5.75 Å². The molecular formula is C17H14BrNO2. The molecule has 2 aromatic carbocycles. The number of hydrogen-bond donors (Lipinski definition) is 1. The Morgan fingerprint density at radius 1 is 1.24 bits per heavy atom. The Morgan fingerprint density at radius 2 is 2.05 bits per heavy atom. The summed E-state index contributed by atoms with van der Waals surface area (Å²) in [6, 6.07) is 11.3. The number of rotatable bonds is 3. The molecule has 0 bridgehead atoms. The summed E-state index contributed by atoms with van der Waals surface area (Å²) in [4.78, 5) is 15.9. The van der Waals surface area contributed by atoms with Gasteiger partial charge in [-0.2, -0.15) is 0 Å². The molecule has 0 saturated heterocycles. The molecule has 1 N–H and O–H groups in total. The van der Waals surface area contributed by atoms with E-state index in [1.54, 1.807) is 13.3 Å². The summed E-state index contributed by atoms with van der Waals surface area (Å²) >= 11 is 3.45. The fourth-order valence-electron chi connectivity index (χ4n) is 2.44. The van der Waals surface area contributed by atoms with Crippen LogP contribution in [0.1, 0.15) is 21.5 Å². The number of ketones is 1. The van der Waals surface area contributed by atoms with Crippen molar-refractivity contribution in [2.45, 2.75) is 6.92 Å². The summed E-state index contributed by atoms with van der Waals surface area (Å²) in [5.41, 5.74) is 3.23. The van der Waals surface area contributed by atoms with E-state index in [-0.39, 0.29) is 5.78 Å². The van der Waals surface area contributed by atoms with Crippen LogP contribution >= 0.6 is 15.9 Å². The molecule has 0 radical (unpaired) electrons. The quantitative estimate of drug-likeness (QED) is 0.712. The molecule has 0 aliphatic carbocycles. The van der Waals surface area contributed by atoms with Crippen LogP contribution in [-0.2, 0) is 0 Å². The average Bonchev–Trinajstić information content (AvgIpc) is 2.93. The number of ether oxygens (including phenoxy) is 1. The van der Waals surface area contributed by atoms with Crippen LogP contribution in [0.3, 0.4) is 0 Å². The van der Waals surface area contributed by atoms with Crippen LogP contribution in [0.15, 0.2) is 47.1 Å². The molecule has 0 amide bonds. The lowest BCUT2D eigenvalue weighted by molar-refractivity contribution is 0.104. The van der Waals surface area contributed by atoms with E-state index in [0.29, 0.717) is 16.9 Å². The maximum Gasteiger partial charge on any atom is 0.195 e. The minimum atomic E-state index is -0.0126. The molecule has 4 heteroatoms. The monoisotopic (exact) mass is 343 g/mol. The van der Waals surface area contributed by atoms with Gasteiger partial charge in [0.15, 0.2) is 5.78 Å². The van der Waals surface area contributed by atoms with Gasteiger partial charge >= 0.3 is 0 Å². The van der Waals surface area contributed by atoms with Crippen molar-refractivity contribution in [3.63, 3.8) is 0 Å². The largest absolute Gasteiger partial charge is 0.496 e. The topological polar surface area (TPSA) is 42.1 Å². The molecule has 106 valence electrons. The normalized spacial score (nSPS) is 10.8. The fourth-order valence-corrected chi connectivity index (χ4v) is 2.69. The molecule has 0 aliphatic rings. The summed E-state index contributed by atoms with van der Waals surface area (Å²) in [5, 5.41) is 0.825. The first kappa shape index (κ1) is 13.9. The number of halogens is 1. The standard InChI is InChI=1S/C17H14BrNO2/c1-10-8-11(6-7-13(10)18)17(20)12-9-19-14-4-3-5-15(21-2)16(12)14/h3-9,19H,1-2H3. The van der Waals surface area contributed by atoms with Gasteiger partial charge in [-0.3, -0.25) is 4.79 Å². The molecule has 0 saturated carbocycles. The SMILES string of the molecule is COc1cccc2[nH]cc(C(=O)c3ccc(Br)c(C)c3)c12. The maximum absolute atomic E-state index is 12.8. The van der Waals surface area contributed by atoms with E-state index in [9.17, 15) is 4.79 Å². The molecule has 3 aromatic rings. The summed E-state index contributed by atoms with van der Waals surface area (Å²) in [7, 11) is 1.61. The molecule has 3 nitrogen and oxygen atoms in total. The molecule has 0 aliphatic heterocycles. The zero-order valence-electron chi connectivity index (χ0n) is 11.7. The molecule has 0 unspecified atom stereocenters. The summed E-state index contributed by atoms with van der Waals surface area (Å²) in [6.45, 7) is 1.97. The number of aryl methyl sites for hydroxylation is 1. The van der Waals surface area contributed by atoms with Gasteiger partial charge in [-0.1, -0.05) is 22.0 Å². The van der Waals surface area contributed by atoms with Crippen molar-refractivity contribution in [2.24, 2.45) is 0 Å². The van der Waals surface area contributed by atoms with Crippen LogP contribution in [0, 0.1) is 6.92 Å². The number of carbonyl (C=O) groups excluding carboxylic acids is 1. The van der Waals surface area contributed by atoms with E-state index in [2.05, 4.69) is 20.9 Å². The predicted molar refractivity (Wildman–Crippen MR) is 87.2 cm³/mol. The average molecular weight is 344 g/mol. The van der Waals surface area contributed by atoms with Crippen molar-refractivity contribution < 1.29 is 9.53 Å². The molecule has 0 atom stereocenters. The van der Waals surface area contributed by atoms with Crippen molar-refractivity contribution in [1.82, 2.24) is 4.98 Å². The van der Waals surface area contributed by atoms with E-state index < -0.39 is 0 Å². The highest BCUT2D eigenvalue weighted by Gasteiger charge is 2.17. The number of hydrogen-bond acceptors (Lipinski definition) is 2. The first-order valence-electron chi connectivity index (χ1n) is 6.56. The number of aromatic amines is 1. The molecule has 0 fully saturated rings. The van der Waals surface area contributed by atoms with Gasteiger partial charge in [-0.25, -0.2) is 0 Å². The van der Waals surface area contributed by atoms with Crippen LogP contribution in [0.2, 0.25) is 0 Å². The van der Waals surface area contributed by atoms with Gasteiger partial charge in [0.05, 0.1) is 18.1 Å². The fraction of sp³-hybridized carbons (Fsp3) is 0.118. The van der Waals surface area contributed by atoms with Gasteiger partial charge in [0, 0.05) is 21.7 Å². The number of carbonyl (C=O) groups is 1. The van der Waals surface area contributed by atoms with E-state index in [1.807, 2.05) is 43.3 Å². The van der Waals surface area contributed by atoms with Crippen LogP contribution in [0.5, 0.6) is 5.75 Å². The first-order valence-corrected chi connectivity index (χ1v) is 7.36. The Morgan fingerprint density at radius 3 is 2.76 bits per heavy atom. The summed E-state index contributed by atoms with van der Waals surface area (Å²) < 4.78 is 6.37. The number of nitrogens with one attached hydrogen (secondary N) is 1. The highest BCUT2D eigenvalue weighted by Crippen LogP contribution is 2.30. The third kappa shape index (κ3) is 2.36. The number of benzene rings is 2. The molecule has 21 heavy (non-hydrogen) atoms. The number of methoxy groups -OCH3 is 1. The first-order chi connectivity index (χ1) is 10.1. The Balaban J connectivity index is 2.15. The second-order valence-electron chi connectivity index (χ2n) is 4.88. The second-order valence-corrected chi connectivity index (χ2v) is 5.73. The van der Waals surface area contributed by atoms with Crippen molar-refractivity contribution in [3.8, 4) is 5.75 Å². The third-order valence-corrected chi connectivity index (χ3v) is 4.44. The van der Waals surface area contributed by atoms with Crippen molar-refractivity contribution in [1.29, 1.82) is 0 Å². The Labute approximate surface area is 131 Å². The van der Waals surface area contributed by atoms with E-state index in [1.165, 1.54) is 0 Å². The Kier molecular flexibility index (Phi) is 3.55. The van der Waals surface area contributed by atoms with E-state index in [4.69, 9.17) is 4.74 Å². The van der Waals surface area contributed by atoms with Crippen molar-refractivity contribution >= 4 is 32.6 Å². The molecular weight excluding hydrogens is 330 g/mol. The number of fused-ring (bicyclic) bond motifs is 1. The molecule has 0 spiro atoms. The highest BCUT2D eigenvalue weighted by molar-refractivity contribution is 9.10. The van der Waals surface area contributed by atoms with Gasteiger partial charge in [0.2, 0.25) is 0 Å².